The Morgan fingerprint density at radius 3 is 1.43 bits per heavy atom. The number of carbonyl (C=O) groups excluding carboxylic acids is 2. The highest BCUT2D eigenvalue weighted by molar-refractivity contribution is 5.76. The van der Waals surface area contributed by atoms with Crippen LogP contribution < -0.4 is 5.32 Å². The van der Waals surface area contributed by atoms with Gasteiger partial charge in [-0.3, -0.25) is 9.59 Å². The van der Waals surface area contributed by atoms with Crippen molar-refractivity contribution in [2.75, 3.05) is 19.8 Å². The van der Waals surface area contributed by atoms with E-state index >= 15 is 0 Å². The second-order valence-corrected chi connectivity index (χ2v) is 21.4. The van der Waals surface area contributed by atoms with Gasteiger partial charge < -0.3 is 45.1 Å². The van der Waals surface area contributed by atoms with E-state index in [1.165, 1.54) is 135 Å². The Balaban J connectivity index is 2.07. The molecule has 0 bridgehead atoms. The molecule has 1 aliphatic heterocycles. The number of unbranched alkanes of at least 4 members (excludes halogenated alkanes) is 29. The summed E-state index contributed by atoms with van der Waals surface area (Å²) in [6, 6.07) is -0.837. The first-order chi connectivity index (χ1) is 37.2. The van der Waals surface area contributed by atoms with Gasteiger partial charge in [-0.2, -0.15) is 0 Å². The first kappa shape index (κ1) is 71.1. The Morgan fingerprint density at radius 2 is 0.921 bits per heavy atom. The van der Waals surface area contributed by atoms with E-state index in [2.05, 4.69) is 79.9 Å². The Bertz CT molecular complexity index is 1490. The molecular formula is C65H115NO10. The number of aliphatic hydroxyl groups excluding tert-OH is 5. The monoisotopic (exact) mass is 1070 g/mol. The van der Waals surface area contributed by atoms with Gasteiger partial charge in [0.25, 0.3) is 0 Å². The second kappa shape index (κ2) is 54.1. The average Bonchev–Trinajstić information content (AvgIpc) is 3.42. The van der Waals surface area contributed by atoms with Crippen molar-refractivity contribution in [1.29, 1.82) is 0 Å². The van der Waals surface area contributed by atoms with Gasteiger partial charge in [0.05, 0.1) is 32.0 Å². The van der Waals surface area contributed by atoms with Gasteiger partial charge in [-0.15, -0.1) is 0 Å². The molecule has 1 rings (SSSR count). The van der Waals surface area contributed by atoms with E-state index in [1.807, 2.05) is 6.08 Å². The maximum absolute atomic E-state index is 13.0. The summed E-state index contributed by atoms with van der Waals surface area (Å²) in [6.45, 7) is 4.22. The number of esters is 1. The van der Waals surface area contributed by atoms with Crippen molar-refractivity contribution in [2.24, 2.45) is 0 Å². The molecule has 1 fully saturated rings. The Kier molecular flexibility index (Phi) is 50.6. The third kappa shape index (κ3) is 43.0. The molecule has 7 atom stereocenters. The van der Waals surface area contributed by atoms with Crippen LogP contribution in [0.1, 0.15) is 264 Å². The number of hydrogen-bond acceptors (Lipinski definition) is 10. The van der Waals surface area contributed by atoms with Gasteiger partial charge in [-0.05, 0) is 103 Å². The lowest BCUT2D eigenvalue weighted by Gasteiger charge is -2.40. The molecule has 0 aromatic heterocycles. The molecule has 440 valence electrons. The molecule has 1 saturated heterocycles. The van der Waals surface area contributed by atoms with Gasteiger partial charge >= 0.3 is 5.97 Å². The average molecular weight is 1070 g/mol. The zero-order valence-electron chi connectivity index (χ0n) is 48.4. The van der Waals surface area contributed by atoms with Crippen LogP contribution >= 0.6 is 0 Å². The highest BCUT2D eigenvalue weighted by Crippen LogP contribution is 2.23. The lowest BCUT2D eigenvalue weighted by molar-refractivity contribution is -0.302. The molecule has 6 N–H and O–H groups in total. The predicted octanol–water partition coefficient (Wildman–Crippen LogP) is 14.8. The summed E-state index contributed by atoms with van der Waals surface area (Å²) >= 11 is 0. The summed E-state index contributed by atoms with van der Waals surface area (Å²) in [4.78, 5) is 25.1. The van der Waals surface area contributed by atoms with Gasteiger partial charge in [0.1, 0.15) is 24.4 Å². The van der Waals surface area contributed by atoms with E-state index in [-0.39, 0.29) is 18.5 Å². The van der Waals surface area contributed by atoms with Crippen molar-refractivity contribution < 1.29 is 49.3 Å². The summed E-state index contributed by atoms with van der Waals surface area (Å²) in [6.07, 6.45) is 61.4. The molecule has 0 spiro atoms. The van der Waals surface area contributed by atoms with Crippen LogP contribution in [0.3, 0.4) is 0 Å². The van der Waals surface area contributed by atoms with Crippen LogP contribution in [-0.4, -0.2) is 100 Å². The van der Waals surface area contributed by atoms with E-state index in [1.54, 1.807) is 6.08 Å². The second-order valence-electron chi connectivity index (χ2n) is 21.4. The van der Waals surface area contributed by atoms with Crippen LogP contribution in [0.5, 0.6) is 0 Å². The molecule has 1 amide bonds. The zero-order valence-corrected chi connectivity index (χ0v) is 48.4. The van der Waals surface area contributed by atoms with Crippen molar-refractivity contribution in [3.05, 3.63) is 72.9 Å². The van der Waals surface area contributed by atoms with Crippen LogP contribution in [0.2, 0.25) is 0 Å². The quantitative estimate of drug-likeness (QED) is 0.0195. The van der Waals surface area contributed by atoms with E-state index in [0.29, 0.717) is 19.4 Å². The minimum Gasteiger partial charge on any atom is -0.466 e. The van der Waals surface area contributed by atoms with Crippen LogP contribution in [0.4, 0.5) is 0 Å². The highest BCUT2D eigenvalue weighted by Gasteiger charge is 2.44. The number of allylic oxidation sites excluding steroid dienone is 11. The molecule has 0 aliphatic carbocycles. The minimum absolute atomic E-state index is 0.0215. The molecule has 0 radical (unpaired) electrons. The molecule has 0 aromatic rings. The van der Waals surface area contributed by atoms with E-state index in [4.69, 9.17) is 14.2 Å². The Morgan fingerprint density at radius 1 is 0.487 bits per heavy atom. The lowest BCUT2D eigenvalue weighted by atomic mass is 9.99. The summed E-state index contributed by atoms with van der Waals surface area (Å²) in [5, 5.41) is 54.3. The lowest BCUT2D eigenvalue weighted by Crippen LogP contribution is -2.60. The predicted molar refractivity (Wildman–Crippen MR) is 315 cm³/mol. The molecule has 1 aliphatic rings. The van der Waals surface area contributed by atoms with Gasteiger partial charge in [0.2, 0.25) is 5.91 Å². The normalized spacial score (nSPS) is 19.2. The Labute approximate surface area is 464 Å². The van der Waals surface area contributed by atoms with E-state index in [9.17, 15) is 35.1 Å². The summed E-state index contributed by atoms with van der Waals surface area (Å²) in [5.74, 6) is -0.226. The largest absolute Gasteiger partial charge is 0.466 e. The highest BCUT2D eigenvalue weighted by atomic mass is 16.7. The van der Waals surface area contributed by atoms with Crippen molar-refractivity contribution in [2.45, 2.75) is 307 Å². The SMILES string of the molecule is CCC/C=C\C/C=C\CCCCCCCC(=O)OCCCCCCCCCCC/C=C\C/C=C\CCCCCCCCCC(=O)NC(COC1OC(CO)C(O)C(O)C1O)C(O)/C=C/CC/C=C/CCCCCCCC. The van der Waals surface area contributed by atoms with Crippen molar-refractivity contribution in [1.82, 2.24) is 5.32 Å². The van der Waals surface area contributed by atoms with Gasteiger partial charge in [0, 0.05) is 12.8 Å². The number of amides is 1. The maximum atomic E-state index is 13.0. The topological polar surface area (TPSA) is 175 Å². The molecule has 1 heterocycles. The number of hydrogen-bond donors (Lipinski definition) is 6. The third-order valence-electron chi connectivity index (χ3n) is 14.2. The van der Waals surface area contributed by atoms with Crippen molar-refractivity contribution >= 4 is 11.9 Å². The fourth-order valence-corrected chi connectivity index (χ4v) is 9.28. The van der Waals surface area contributed by atoms with Crippen LogP contribution in [0, 0.1) is 0 Å². The molecule has 7 unspecified atom stereocenters. The van der Waals surface area contributed by atoms with Gasteiger partial charge in [-0.25, -0.2) is 0 Å². The summed E-state index contributed by atoms with van der Waals surface area (Å²) < 4.78 is 16.7. The molecule has 11 heteroatoms. The number of ether oxygens (including phenoxy) is 3. The van der Waals surface area contributed by atoms with Gasteiger partial charge in [-0.1, -0.05) is 222 Å². The fourth-order valence-electron chi connectivity index (χ4n) is 9.28. The first-order valence-corrected chi connectivity index (χ1v) is 31.2. The number of carbonyl (C=O) groups is 2. The fraction of sp³-hybridized carbons (Fsp3) is 0.785. The minimum atomic E-state index is -1.58. The number of aliphatic hydroxyl groups is 5. The number of rotatable bonds is 53. The van der Waals surface area contributed by atoms with Crippen LogP contribution in [0.15, 0.2) is 72.9 Å². The van der Waals surface area contributed by atoms with E-state index in [0.717, 1.165) is 103 Å². The maximum Gasteiger partial charge on any atom is 0.305 e. The summed E-state index contributed by atoms with van der Waals surface area (Å²) in [5.41, 5.74) is 0. The third-order valence-corrected chi connectivity index (χ3v) is 14.2. The van der Waals surface area contributed by atoms with Crippen molar-refractivity contribution in [3.63, 3.8) is 0 Å². The standard InChI is InChI=1S/C65H115NO10/c1-3-5-7-9-11-13-15-28-33-37-41-45-49-53-61(70)74-54-50-46-42-38-34-30-27-25-23-21-19-17-18-20-22-24-26-29-32-36-40-44-48-52-60(69)66-57(56-75-65-64(73)63(72)62(71)59(55-67)76-65)58(68)51-47-43-39-35-31-16-14-12-10-8-6-4-2/h7,9,13,15,17,19-20,22,31,35,47,51,57-59,62-65,67-68,71-73H,3-6,8,10-12,14,16,18,21,23-30,32-34,36-46,48-50,52-56H2,1-2H3,(H,66,69)/b9-7-,15-13-,19-17-,22-20-,35-31+,51-47+. The molecule has 0 saturated carbocycles. The van der Waals surface area contributed by atoms with Crippen molar-refractivity contribution in [3.8, 4) is 0 Å². The molecule has 11 nitrogen and oxygen atoms in total. The molecule has 0 aromatic carbocycles. The van der Waals surface area contributed by atoms with Gasteiger partial charge in [0.15, 0.2) is 6.29 Å². The molecular weight excluding hydrogens is 955 g/mol. The summed E-state index contributed by atoms with van der Waals surface area (Å²) in [7, 11) is 0. The van der Waals surface area contributed by atoms with E-state index < -0.39 is 49.5 Å². The Hall–Kier alpha value is -2.90. The first-order valence-electron chi connectivity index (χ1n) is 31.2. The zero-order chi connectivity index (χ0) is 55.2. The van der Waals surface area contributed by atoms with Crippen LogP contribution in [-0.2, 0) is 23.8 Å². The van der Waals surface area contributed by atoms with Crippen LogP contribution in [0.25, 0.3) is 0 Å². The molecule has 76 heavy (non-hydrogen) atoms. The number of nitrogens with one attached hydrogen (secondary N) is 1. The smallest absolute Gasteiger partial charge is 0.305 e.